The van der Waals surface area contributed by atoms with Gasteiger partial charge in [0.05, 0.1) is 26.4 Å². The minimum Gasteiger partial charge on any atom is -0.379 e. The van der Waals surface area contributed by atoms with Gasteiger partial charge in [-0.3, -0.25) is 0 Å². The van der Waals surface area contributed by atoms with Gasteiger partial charge in [0.1, 0.15) is 13.2 Å². The number of rotatable bonds is 12. The van der Waals surface area contributed by atoms with Gasteiger partial charge < -0.3 is 18.9 Å². The largest absolute Gasteiger partial charge is 0.380 e. The molecule has 0 aliphatic rings. The van der Waals surface area contributed by atoms with Crippen molar-refractivity contribution in [2.24, 2.45) is 0 Å². The van der Waals surface area contributed by atoms with Gasteiger partial charge in [-0.25, -0.2) is 19.4 Å². The Balaban J connectivity index is 3.37. The molecule has 0 atom stereocenters. The summed E-state index contributed by atoms with van der Waals surface area (Å²) in [5.41, 5.74) is 0. The molecule has 0 rings (SSSR count). The van der Waals surface area contributed by atoms with Crippen molar-refractivity contribution in [1.29, 1.82) is 0 Å². The van der Waals surface area contributed by atoms with Crippen LogP contribution in [0, 0.1) is 0 Å². The molecule has 0 aliphatic heterocycles. The van der Waals surface area contributed by atoms with E-state index in [0.717, 1.165) is 0 Å². The van der Waals surface area contributed by atoms with Crippen LogP contribution in [0.4, 0.5) is 0 Å². The Morgan fingerprint density at radius 2 is 1.00 bits per heavy atom. The van der Waals surface area contributed by atoms with Crippen molar-refractivity contribution in [1.82, 2.24) is 0 Å². The average molecular weight is 294 g/mol. The van der Waals surface area contributed by atoms with Crippen molar-refractivity contribution >= 4 is 11.9 Å². The van der Waals surface area contributed by atoms with E-state index in [4.69, 9.17) is 18.9 Å². The van der Waals surface area contributed by atoms with E-state index in [2.05, 4.69) is 9.78 Å². The Hall–Kier alpha value is -1.22. The monoisotopic (exact) mass is 294 g/mol. The first-order valence-electron chi connectivity index (χ1n) is 6.41. The van der Waals surface area contributed by atoms with E-state index in [9.17, 15) is 9.59 Å². The summed E-state index contributed by atoms with van der Waals surface area (Å²) in [7, 11) is 0. The van der Waals surface area contributed by atoms with Crippen LogP contribution in [0.15, 0.2) is 0 Å². The summed E-state index contributed by atoms with van der Waals surface area (Å²) in [6, 6.07) is 0. The molecule has 8 heteroatoms. The van der Waals surface area contributed by atoms with Gasteiger partial charge in [-0.15, -0.1) is 0 Å². The summed E-state index contributed by atoms with van der Waals surface area (Å²) in [5.74, 6) is -1.60. The van der Waals surface area contributed by atoms with Gasteiger partial charge in [0.2, 0.25) is 0 Å². The topological polar surface area (TPSA) is 89.5 Å². The van der Waals surface area contributed by atoms with Crippen LogP contribution >= 0.6 is 0 Å². The zero-order chi connectivity index (χ0) is 15.1. The van der Waals surface area contributed by atoms with Gasteiger partial charge in [-0.2, -0.15) is 0 Å². The highest BCUT2D eigenvalue weighted by Gasteiger charge is 2.10. The molecule has 0 aromatic carbocycles. The van der Waals surface area contributed by atoms with Crippen molar-refractivity contribution in [3.8, 4) is 0 Å². The molecule has 0 fully saturated rings. The SMILES string of the molecule is CCOCCOCC(=O)OOC(=O)COCCOCC. The Morgan fingerprint density at radius 3 is 1.35 bits per heavy atom. The maximum absolute atomic E-state index is 11.1. The first-order valence-corrected chi connectivity index (χ1v) is 6.41. The molecule has 0 amide bonds. The fourth-order valence-corrected chi connectivity index (χ4v) is 0.976. The van der Waals surface area contributed by atoms with Crippen LogP contribution < -0.4 is 0 Å². The molecule has 0 heterocycles. The number of carbonyl (C=O) groups excluding carboxylic acids is 2. The van der Waals surface area contributed by atoms with Crippen molar-refractivity contribution in [2.45, 2.75) is 13.8 Å². The van der Waals surface area contributed by atoms with Crippen molar-refractivity contribution in [3.05, 3.63) is 0 Å². The second kappa shape index (κ2) is 14.2. The summed E-state index contributed by atoms with van der Waals surface area (Å²) in [5, 5.41) is 0. The molecule has 0 aliphatic carbocycles. The number of hydrogen-bond acceptors (Lipinski definition) is 8. The summed E-state index contributed by atoms with van der Waals surface area (Å²) in [6.45, 7) is 5.53. The Kier molecular flexibility index (Phi) is 13.3. The van der Waals surface area contributed by atoms with E-state index in [-0.39, 0.29) is 26.4 Å². The number of ether oxygens (including phenoxy) is 4. The Bertz CT molecular complexity index is 230. The third-order valence-corrected chi connectivity index (χ3v) is 1.82. The molecule has 0 unspecified atom stereocenters. The van der Waals surface area contributed by atoms with Gasteiger partial charge >= 0.3 is 11.9 Å². The lowest BCUT2D eigenvalue weighted by Gasteiger charge is -2.05. The van der Waals surface area contributed by atoms with Gasteiger partial charge in [-0.05, 0) is 13.8 Å². The van der Waals surface area contributed by atoms with Crippen molar-refractivity contribution in [2.75, 3.05) is 52.9 Å². The zero-order valence-corrected chi connectivity index (χ0v) is 11.9. The van der Waals surface area contributed by atoms with Crippen LogP contribution in [-0.2, 0) is 38.3 Å². The minimum atomic E-state index is -0.802. The first kappa shape index (κ1) is 18.8. The molecule has 0 aromatic heterocycles. The molecular weight excluding hydrogens is 272 g/mol. The molecule has 0 bridgehead atoms. The molecule has 0 aromatic rings. The van der Waals surface area contributed by atoms with Crippen LogP contribution in [-0.4, -0.2) is 64.8 Å². The summed E-state index contributed by atoms with van der Waals surface area (Å²) < 4.78 is 19.8. The predicted octanol–water partition coefficient (Wildman–Crippen LogP) is 0.0940. The maximum Gasteiger partial charge on any atom is 0.380 e. The molecule has 8 nitrogen and oxygen atoms in total. The highest BCUT2D eigenvalue weighted by molar-refractivity contribution is 5.74. The number of carbonyl (C=O) groups is 2. The van der Waals surface area contributed by atoms with Gasteiger partial charge in [0, 0.05) is 13.2 Å². The quantitative estimate of drug-likeness (QED) is 0.284. The van der Waals surface area contributed by atoms with Crippen LogP contribution in [0.2, 0.25) is 0 Å². The average Bonchev–Trinajstić information content (AvgIpc) is 2.44. The normalized spacial score (nSPS) is 10.3. The molecule has 0 N–H and O–H groups in total. The fourth-order valence-electron chi connectivity index (χ4n) is 0.976. The van der Waals surface area contributed by atoms with E-state index in [1.165, 1.54) is 0 Å². The highest BCUT2D eigenvalue weighted by Crippen LogP contribution is 1.88. The Morgan fingerprint density at radius 1 is 0.650 bits per heavy atom. The standard InChI is InChI=1S/C12H22O8/c1-3-15-5-7-17-9-11(13)19-20-12(14)10-18-8-6-16-4-2/h3-10H2,1-2H3. The van der Waals surface area contributed by atoms with Crippen LogP contribution in [0.3, 0.4) is 0 Å². The molecular formula is C12H22O8. The van der Waals surface area contributed by atoms with Crippen LogP contribution in [0.5, 0.6) is 0 Å². The first-order chi connectivity index (χ1) is 9.70. The summed E-state index contributed by atoms with van der Waals surface area (Å²) in [6.07, 6.45) is 0. The smallest absolute Gasteiger partial charge is 0.379 e. The molecule has 0 spiro atoms. The maximum atomic E-state index is 11.1. The highest BCUT2D eigenvalue weighted by atomic mass is 17.2. The lowest BCUT2D eigenvalue weighted by atomic mass is 10.7. The Labute approximate surface area is 118 Å². The molecule has 118 valence electrons. The lowest BCUT2D eigenvalue weighted by Crippen LogP contribution is -2.20. The van der Waals surface area contributed by atoms with E-state index in [0.29, 0.717) is 26.4 Å². The van der Waals surface area contributed by atoms with Crippen LogP contribution in [0.25, 0.3) is 0 Å². The predicted molar refractivity (Wildman–Crippen MR) is 66.8 cm³/mol. The van der Waals surface area contributed by atoms with Crippen LogP contribution in [0.1, 0.15) is 13.8 Å². The van der Waals surface area contributed by atoms with Crippen molar-refractivity contribution < 1.29 is 38.3 Å². The fraction of sp³-hybridized carbons (Fsp3) is 0.833. The minimum absolute atomic E-state index is 0.261. The molecule has 0 saturated heterocycles. The van der Waals surface area contributed by atoms with E-state index in [1.807, 2.05) is 13.8 Å². The van der Waals surface area contributed by atoms with Crippen molar-refractivity contribution in [3.63, 3.8) is 0 Å². The van der Waals surface area contributed by atoms with E-state index >= 15 is 0 Å². The molecule has 0 radical (unpaired) electrons. The second-order valence-electron chi connectivity index (χ2n) is 3.41. The summed E-state index contributed by atoms with van der Waals surface area (Å²) >= 11 is 0. The lowest BCUT2D eigenvalue weighted by molar-refractivity contribution is -0.264. The molecule has 0 saturated carbocycles. The van der Waals surface area contributed by atoms with Gasteiger partial charge in [0.15, 0.2) is 0 Å². The zero-order valence-electron chi connectivity index (χ0n) is 11.9. The van der Waals surface area contributed by atoms with E-state index in [1.54, 1.807) is 0 Å². The second-order valence-corrected chi connectivity index (χ2v) is 3.41. The van der Waals surface area contributed by atoms with Gasteiger partial charge in [0.25, 0.3) is 0 Å². The third kappa shape index (κ3) is 13.2. The van der Waals surface area contributed by atoms with Gasteiger partial charge in [-0.1, -0.05) is 0 Å². The molecule has 20 heavy (non-hydrogen) atoms. The third-order valence-electron chi connectivity index (χ3n) is 1.82. The summed E-state index contributed by atoms with van der Waals surface area (Å²) in [4.78, 5) is 30.6. The number of hydrogen-bond donors (Lipinski definition) is 0. The van der Waals surface area contributed by atoms with E-state index < -0.39 is 11.9 Å².